The molecule has 1 N–H and O–H groups in total. The molecule has 0 saturated carbocycles. The number of anilines is 1. The highest BCUT2D eigenvalue weighted by molar-refractivity contribution is 7.21. The molecule has 0 atom stereocenters. The number of benzene rings is 3. The van der Waals surface area contributed by atoms with Crippen molar-refractivity contribution >= 4 is 44.7 Å². The van der Waals surface area contributed by atoms with E-state index in [0.717, 1.165) is 31.9 Å². The van der Waals surface area contributed by atoms with Crippen LogP contribution in [0.15, 0.2) is 60.7 Å². The summed E-state index contributed by atoms with van der Waals surface area (Å²) in [6.45, 7) is 3.92. The van der Waals surface area contributed by atoms with Crippen LogP contribution in [0.3, 0.4) is 0 Å². The van der Waals surface area contributed by atoms with Gasteiger partial charge < -0.3 is 10.1 Å². The minimum absolute atomic E-state index is 0.0665. The summed E-state index contributed by atoms with van der Waals surface area (Å²) in [6.07, 6.45) is 0. The number of carbonyl (C=O) groups is 1. The van der Waals surface area contributed by atoms with Gasteiger partial charge in [0.1, 0.15) is 10.8 Å². The van der Waals surface area contributed by atoms with E-state index in [9.17, 15) is 4.79 Å². The van der Waals surface area contributed by atoms with Gasteiger partial charge >= 0.3 is 0 Å². The first-order valence-electron chi connectivity index (χ1n) is 9.15. The second-order valence-electron chi connectivity index (χ2n) is 6.79. The average Bonchev–Trinajstić information content (AvgIpc) is 3.13. The molecule has 4 nitrogen and oxygen atoms in total. The van der Waals surface area contributed by atoms with Crippen molar-refractivity contribution in [2.45, 2.75) is 13.8 Å². The van der Waals surface area contributed by atoms with Gasteiger partial charge in [0.05, 0.1) is 15.2 Å². The van der Waals surface area contributed by atoms with E-state index in [1.807, 2.05) is 62.4 Å². The van der Waals surface area contributed by atoms with Crippen LogP contribution in [-0.4, -0.2) is 17.5 Å². The topological polar surface area (TPSA) is 51.2 Å². The zero-order chi connectivity index (χ0) is 20.4. The molecule has 146 valence electrons. The number of nitrogens with zero attached hydrogens (tertiary/aromatic N) is 1. The zero-order valence-corrected chi connectivity index (χ0v) is 17.6. The van der Waals surface area contributed by atoms with Crippen LogP contribution in [0.5, 0.6) is 5.75 Å². The predicted molar refractivity (Wildman–Crippen MR) is 120 cm³/mol. The van der Waals surface area contributed by atoms with E-state index in [0.29, 0.717) is 16.5 Å². The third kappa shape index (κ3) is 4.42. The molecule has 3 aromatic carbocycles. The summed E-state index contributed by atoms with van der Waals surface area (Å²) in [5.74, 6) is 0.472. The van der Waals surface area contributed by atoms with E-state index in [4.69, 9.17) is 16.3 Å². The second-order valence-corrected chi connectivity index (χ2v) is 8.23. The third-order valence-corrected chi connectivity index (χ3v) is 5.86. The molecule has 6 heteroatoms. The molecule has 0 saturated heterocycles. The molecule has 1 aromatic heterocycles. The van der Waals surface area contributed by atoms with Crippen molar-refractivity contribution in [1.29, 1.82) is 0 Å². The fraction of sp³-hybridized carbons (Fsp3) is 0.130. The number of hydrogen-bond donors (Lipinski definition) is 1. The van der Waals surface area contributed by atoms with Crippen LogP contribution in [0.1, 0.15) is 11.1 Å². The maximum atomic E-state index is 12.4. The number of amides is 1. The number of carbonyl (C=O) groups excluding carboxylic acids is 1. The number of nitrogens with one attached hydrogen (secondary N) is 1. The normalized spacial score (nSPS) is 10.9. The van der Waals surface area contributed by atoms with Crippen molar-refractivity contribution < 1.29 is 9.53 Å². The molecule has 1 heterocycles. The van der Waals surface area contributed by atoms with Crippen LogP contribution in [0.2, 0.25) is 5.02 Å². The van der Waals surface area contributed by atoms with Crippen LogP contribution in [0, 0.1) is 13.8 Å². The lowest BCUT2D eigenvalue weighted by molar-refractivity contribution is -0.118. The standard InChI is InChI=1S/C23H19ClN2O2S/c1-14-7-10-20(15(2)11-14)28-13-22(27)25-16-8-9-18(24)17(12-16)23-26-19-5-3-4-6-21(19)29-23/h3-12H,13H2,1-2H3,(H,25,27). The molecule has 29 heavy (non-hydrogen) atoms. The van der Waals surface area contributed by atoms with Crippen molar-refractivity contribution in [3.8, 4) is 16.3 Å². The number of fused-ring (bicyclic) bond motifs is 1. The number of aromatic nitrogens is 1. The van der Waals surface area contributed by atoms with Crippen LogP contribution < -0.4 is 10.1 Å². The van der Waals surface area contributed by atoms with Gasteiger partial charge in [0, 0.05) is 11.3 Å². The molecular weight excluding hydrogens is 404 g/mol. The number of hydrogen-bond acceptors (Lipinski definition) is 4. The highest BCUT2D eigenvalue weighted by Crippen LogP contribution is 2.35. The van der Waals surface area contributed by atoms with Crippen LogP contribution in [-0.2, 0) is 4.79 Å². The Kier molecular flexibility index (Phi) is 5.51. The number of para-hydroxylation sites is 1. The molecule has 0 aliphatic carbocycles. The second kappa shape index (κ2) is 8.23. The maximum absolute atomic E-state index is 12.4. The van der Waals surface area contributed by atoms with Crippen LogP contribution >= 0.6 is 22.9 Å². The minimum atomic E-state index is -0.234. The van der Waals surface area contributed by atoms with E-state index in [1.165, 1.54) is 0 Å². The molecule has 0 aliphatic rings. The summed E-state index contributed by atoms with van der Waals surface area (Å²) in [5.41, 5.74) is 4.53. The lowest BCUT2D eigenvalue weighted by atomic mass is 10.1. The lowest BCUT2D eigenvalue weighted by Crippen LogP contribution is -2.20. The van der Waals surface area contributed by atoms with Crippen molar-refractivity contribution in [2.75, 3.05) is 11.9 Å². The van der Waals surface area contributed by atoms with Crippen LogP contribution in [0.25, 0.3) is 20.8 Å². The van der Waals surface area contributed by atoms with Gasteiger partial charge in [-0.15, -0.1) is 11.3 Å². The fourth-order valence-corrected chi connectivity index (χ4v) is 4.32. The zero-order valence-electron chi connectivity index (χ0n) is 16.0. The Morgan fingerprint density at radius 2 is 1.93 bits per heavy atom. The van der Waals surface area contributed by atoms with Gasteiger partial charge in [-0.25, -0.2) is 4.98 Å². The van der Waals surface area contributed by atoms with E-state index in [1.54, 1.807) is 23.5 Å². The molecular formula is C23H19ClN2O2S. The Balaban J connectivity index is 1.49. The Morgan fingerprint density at radius 3 is 2.72 bits per heavy atom. The van der Waals surface area contributed by atoms with Gasteiger partial charge in [-0.3, -0.25) is 4.79 Å². The molecule has 0 unspecified atom stereocenters. The molecule has 0 radical (unpaired) electrons. The van der Waals surface area contributed by atoms with E-state index in [2.05, 4.69) is 10.3 Å². The van der Waals surface area contributed by atoms with Crippen LogP contribution in [0.4, 0.5) is 5.69 Å². The smallest absolute Gasteiger partial charge is 0.262 e. The number of thiazole rings is 1. The summed E-state index contributed by atoms with van der Waals surface area (Å²) >= 11 is 7.96. The van der Waals surface area contributed by atoms with Gasteiger partial charge in [0.25, 0.3) is 5.91 Å². The Bertz CT molecular complexity index is 1170. The van der Waals surface area contributed by atoms with Gasteiger partial charge in [0.15, 0.2) is 6.61 Å². The van der Waals surface area contributed by atoms with Crippen molar-refractivity contribution in [3.63, 3.8) is 0 Å². The Hall–Kier alpha value is -2.89. The van der Waals surface area contributed by atoms with Gasteiger partial charge in [-0.1, -0.05) is 41.4 Å². The predicted octanol–water partition coefficient (Wildman–Crippen LogP) is 6.25. The maximum Gasteiger partial charge on any atom is 0.262 e. The minimum Gasteiger partial charge on any atom is -0.483 e. The largest absolute Gasteiger partial charge is 0.483 e. The first kappa shape index (κ1) is 19.4. The van der Waals surface area contributed by atoms with Crippen molar-refractivity contribution in [2.24, 2.45) is 0 Å². The Morgan fingerprint density at radius 1 is 1.10 bits per heavy atom. The molecule has 4 rings (SSSR count). The number of halogens is 1. The summed E-state index contributed by atoms with van der Waals surface area (Å²) in [6, 6.07) is 19.2. The summed E-state index contributed by atoms with van der Waals surface area (Å²) < 4.78 is 6.75. The molecule has 1 amide bonds. The highest BCUT2D eigenvalue weighted by Gasteiger charge is 2.12. The average molecular weight is 423 g/mol. The van der Waals surface area contributed by atoms with Crippen molar-refractivity contribution in [1.82, 2.24) is 4.98 Å². The highest BCUT2D eigenvalue weighted by atomic mass is 35.5. The van der Waals surface area contributed by atoms with E-state index in [-0.39, 0.29) is 12.5 Å². The van der Waals surface area contributed by atoms with E-state index >= 15 is 0 Å². The lowest BCUT2D eigenvalue weighted by Gasteiger charge is -2.11. The summed E-state index contributed by atoms with van der Waals surface area (Å²) in [7, 11) is 0. The quantitative estimate of drug-likeness (QED) is 0.413. The van der Waals surface area contributed by atoms with Gasteiger partial charge in [-0.05, 0) is 55.8 Å². The monoisotopic (exact) mass is 422 g/mol. The molecule has 0 aliphatic heterocycles. The van der Waals surface area contributed by atoms with Gasteiger partial charge in [-0.2, -0.15) is 0 Å². The first-order valence-corrected chi connectivity index (χ1v) is 10.3. The SMILES string of the molecule is Cc1ccc(OCC(=O)Nc2ccc(Cl)c(-c3nc4ccccc4s3)c2)c(C)c1. The van der Waals surface area contributed by atoms with Crippen molar-refractivity contribution in [3.05, 3.63) is 76.8 Å². The fourth-order valence-electron chi connectivity index (χ4n) is 3.06. The molecule has 4 aromatic rings. The summed E-state index contributed by atoms with van der Waals surface area (Å²) in [4.78, 5) is 17.0. The number of ether oxygens (including phenoxy) is 1. The van der Waals surface area contributed by atoms with Gasteiger partial charge in [0.2, 0.25) is 0 Å². The third-order valence-electron chi connectivity index (χ3n) is 4.46. The molecule has 0 fully saturated rings. The summed E-state index contributed by atoms with van der Waals surface area (Å²) in [5, 5.41) is 4.28. The number of rotatable bonds is 5. The number of aryl methyl sites for hydroxylation is 2. The first-order chi connectivity index (χ1) is 14.0. The Labute approximate surface area is 178 Å². The molecule has 0 bridgehead atoms. The molecule has 0 spiro atoms. The van der Waals surface area contributed by atoms with E-state index < -0.39 is 0 Å².